The number of rotatable bonds is 6. The van der Waals surface area contributed by atoms with Crippen molar-refractivity contribution in [3.05, 3.63) is 94.0 Å². The third-order valence-electron chi connectivity index (χ3n) is 7.13. The zero-order valence-electron chi connectivity index (χ0n) is 21.5. The lowest BCUT2D eigenvalue weighted by Gasteiger charge is -2.38. The van der Waals surface area contributed by atoms with Gasteiger partial charge < -0.3 is 19.9 Å². The number of aromatic nitrogens is 2. The standard InChI is InChI=1S/C28H27ClN4O6S/c1-39-28(36)32-13-11-19(25(16-32)31-27(35)18-5-10-22-23(29)15-30-24(22)14-18)17-40(37,38)21-8-6-20(7-9-21)33-12-3-2-4-26(33)34/h2-10,12,14-15,19,25,30H,11,13,16-17H2,1H3,(H,31,35). The number of piperidine rings is 1. The number of H-pyrrole nitrogens is 1. The monoisotopic (exact) mass is 582 g/mol. The second-order valence-corrected chi connectivity index (χ2v) is 12.1. The average Bonchev–Trinajstić information content (AvgIpc) is 3.33. The van der Waals surface area contributed by atoms with Gasteiger partial charge in [-0.1, -0.05) is 23.7 Å². The minimum atomic E-state index is -3.76. The number of pyridine rings is 1. The molecule has 1 aliphatic heterocycles. The average molecular weight is 583 g/mol. The number of hydrogen-bond acceptors (Lipinski definition) is 6. The van der Waals surface area contributed by atoms with Crippen LogP contribution in [0.15, 0.2) is 82.7 Å². The number of ether oxygens (including phenoxy) is 1. The van der Waals surface area contributed by atoms with Gasteiger partial charge in [-0.2, -0.15) is 0 Å². The molecule has 208 valence electrons. The summed E-state index contributed by atoms with van der Waals surface area (Å²) >= 11 is 6.14. The largest absolute Gasteiger partial charge is 0.453 e. The molecule has 40 heavy (non-hydrogen) atoms. The highest BCUT2D eigenvalue weighted by molar-refractivity contribution is 7.91. The van der Waals surface area contributed by atoms with Crippen LogP contribution in [0.5, 0.6) is 0 Å². The molecule has 0 radical (unpaired) electrons. The molecule has 2 aromatic heterocycles. The number of halogens is 1. The predicted molar refractivity (Wildman–Crippen MR) is 151 cm³/mol. The number of fused-ring (bicyclic) bond motifs is 1. The summed E-state index contributed by atoms with van der Waals surface area (Å²) in [6.45, 7) is 0.396. The molecule has 2 aromatic carbocycles. The van der Waals surface area contributed by atoms with Crippen LogP contribution >= 0.6 is 11.6 Å². The van der Waals surface area contributed by atoms with Gasteiger partial charge in [0.15, 0.2) is 9.84 Å². The van der Waals surface area contributed by atoms with Gasteiger partial charge in [0.1, 0.15) is 0 Å². The Balaban J connectivity index is 1.36. The first-order valence-electron chi connectivity index (χ1n) is 12.6. The minimum absolute atomic E-state index is 0.102. The van der Waals surface area contributed by atoms with E-state index in [0.29, 0.717) is 34.8 Å². The van der Waals surface area contributed by atoms with Crippen molar-refractivity contribution in [1.29, 1.82) is 0 Å². The normalized spacial score (nSPS) is 17.5. The van der Waals surface area contributed by atoms with Crippen molar-refractivity contribution in [3.8, 4) is 5.69 Å². The van der Waals surface area contributed by atoms with Crippen LogP contribution in [0.1, 0.15) is 16.8 Å². The third kappa shape index (κ3) is 5.61. The van der Waals surface area contributed by atoms with Gasteiger partial charge in [-0.15, -0.1) is 0 Å². The number of benzene rings is 2. The highest BCUT2D eigenvalue weighted by Crippen LogP contribution is 2.26. The van der Waals surface area contributed by atoms with Gasteiger partial charge in [-0.05, 0) is 54.8 Å². The highest BCUT2D eigenvalue weighted by Gasteiger charge is 2.36. The number of aromatic amines is 1. The number of nitrogens with zero attached hydrogens (tertiary/aromatic N) is 2. The first-order valence-corrected chi connectivity index (χ1v) is 14.6. The summed E-state index contributed by atoms with van der Waals surface area (Å²) in [4.78, 5) is 42.1. The van der Waals surface area contributed by atoms with Crippen molar-refractivity contribution >= 4 is 44.3 Å². The first kappa shape index (κ1) is 27.5. The van der Waals surface area contributed by atoms with Crippen molar-refractivity contribution in [2.24, 2.45) is 5.92 Å². The van der Waals surface area contributed by atoms with Gasteiger partial charge in [0.25, 0.3) is 11.5 Å². The fourth-order valence-corrected chi connectivity index (χ4v) is 6.90. The SMILES string of the molecule is COC(=O)N1CCC(CS(=O)(=O)c2ccc(-n3ccccc3=O)cc2)C(NC(=O)c2ccc3c(Cl)c[nH]c3c2)C1. The Hall–Kier alpha value is -4.09. The summed E-state index contributed by atoms with van der Waals surface area (Å²) in [6, 6.07) is 15.3. The third-order valence-corrected chi connectivity index (χ3v) is 9.30. The Kier molecular flexibility index (Phi) is 7.68. The van der Waals surface area contributed by atoms with E-state index in [1.807, 2.05) is 0 Å². The van der Waals surface area contributed by atoms with E-state index < -0.39 is 33.8 Å². The number of carbonyl (C=O) groups excluding carboxylic acids is 2. The molecule has 2 atom stereocenters. The smallest absolute Gasteiger partial charge is 0.409 e. The predicted octanol–water partition coefficient (Wildman–Crippen LogP) is 3.63. The second kappa shape index (κ2) is 11.2. The molecule has 4 aromatic rings. The summed E-state index contributed by atoms with van der Waals surface area (Å²) in [5, 5.41) is 4.26. The lowest BCUT2D eigenvalue weighted by molar-refractivity contribution is 0.0798. The van der Waals surface area contributed by atoms with Gasteiger partial charge in [0, 0.05) is 53.7 Å². The lowest BCUT2D eigenvalue weighted by Crippen LogP contribution is -2.55. The highest BCUT2D eigenvalue weighted by atomic mass is 35.5. The molecule has 0 bridgehead atoms. The molecule has 2 N–H and O–H groups in total. The number of carbonyl (C=O) groups is 2. The summed E-state index contributed by atoms with van der Waals surface area (Å²) in [6.07, 6.45) is 3.04. The summed E-state index contributed by atoms with van der Waals surface area (Å²) in [5.41, 5.74) is 1.38. The van der Waals surface area contributed by atoms with E-state index >= 15 is 0 Å². The maximum absolute atomic E-state index is 13.4. The quantitative estimate of drug-likeness (QED) is 0.357. The molecule has 12 heteroatoms. The summed E-state index contributed by atoms with van der Waals surface area (Å²) in [5.74, 6) is -1.10. The van der Waals surface area contributed by atoms with Crippen LogP contribution in [-0.4, -0.2) is 66.9 Å². The molecule has 5 rings (SSSR count). The van der Waals surface area contributed by atoms with E-state index in [1.54, 1.807) is 54.9 Å². The maximum atomic E-state index is 13.4. The van der Waals surface area contributed by atoms with Crippen molar-refractivity contribution in [2.45, 2.75) is 17.4 Å². The molecular weight excluding hydrogens is 556 g/mol. The molecule has 1 saturated heterocycles. The van der Waals surface area contributed by atoms with Crippen molar-refractivity contribution in [1.82, 2.24) is 19.8 Å². The van der Waals surface area contributed by atoms with E-state index in [2.05, 4.69) is 10.3 Å². The maximum Gasteiger partial charge on any atom is 0.409 e. The summed E-state index contributed by atoms with van der Waals surface area (Å²) < 4.78 is 33.1. The molecule has 1 fully saturated rings. The van der Waals surface area contributed by atoms with Crippen LogP contribution in [0.4, 0.5) is 4.79 Å². The number of nitrogens with one attached hydrogen (secondary N) is 2. The number of methoxy groups -OCH3 is 1. The van der Waals surface area contributed by atoms with Crippen LogP contribution in [0.2, 0.25) is 5.02 Å². The topological polar surface area (TPSA) is 131 Å². The molecule has 0 saturated carbocycles. The Bertz CT molecular complexity index is 1730. The molecule has 0 spiro atoms. The number of amides is 2. The lowest BCUT2D eigenvalue weighted by atomic mass is 9.93. The van der Waals surface area contributed by atoms with Crippen molar-refractivity contribution in [3.63, 3.8) is 0 Å². The van der Waals surface area contributed by atoms with Gasteiger partial charge in [-0.25, -0.2) is 13.2 Å². The zero-order chi connectivity index (χ0) is 28.4. The second-order valence-electron chi connectivity index (χ2n) is 9.63. The Morgan fingerprint density at radius 3 is 2.62 bits per heavy atom. The van der Waals surface area contributed by atoms with Crippen LogP contribution in [0, 0.1) is 5.92 Å². The Morgan fingerprint density at radius 2 is 1.90 bits per heavy atom. The van der Waals surface area contributed by atoms with E-state index in [9.17, 15) is 22.8 Å². The fraction of sp³-hybridized carbons (Fsp3) is 0.250. The molecular formula is C28H27ClN4O6S. The molecule has 3 heterocycles. The van der Waals surface area contributed by atoms with Crippen LogP contribution < -0.4 is 10.9 Å². The van der Waals surface area contributed by atoms with E-state index in [1.165, 1.54) is 34.8 Å². The van der Waals surface area contributed by atoms with E-state index in [4.69, 9.17) is 16.3 Å². The van der Waals surface area contributed by atoms with Crippen molar-refractivity contribution in [2.75, 3.05) is 26.0 Å². The zero-order valence-corrected chi connectivity index (χ0v) is 23.1. The van der Waals surface area contributed by atoms with Crippen LogP contribution in [-0.2, 0) is 14.6 Å². The van der Waals surface area contributed by atoms with Gasteiger partial charge in [0.05, 0.1) is 28.8 Å². The summed E-state index contributed by atoms with van der Waals surface area (Å²) in [7, 11) is -2.49. The Labute approximate surface area is 235 Å². The number of sulfone groups is 1. The molecule has 1 aliphatic rings. The van der Waals surface area contributed by atoms with Crippen molar-refractivity contribution < 1.29 is 22.7 Å². The van der Waals surface area contributed by atoms with Gasteiger partial charge in [-0.3, -0.25) is 14.2 Å². The van der Waals surface area contributed by atoms with Gasteiger partial charge >= 0.3 is 6.09 Å². The van der Waals surface area contributed by atoms with E-state index in [0.717, 1.165) is 5.39 Å². The number of hydrogen-bond donors (Lipinski definition) is 2. The molecule has 0 aliphatic carbocycles. The Morgan fingerprint density at radius 1 is 1.12 bits per heavy atom. The first-order chi connectivity index (χ1) is 19.2. The van der Waals surface area contributed by atoms with Crippen LogP contribution in [0.25, 0.3) is 16.6 Å². The van der Waals surface area contributed by atoms with Gasteiger partial charge in [0.2, 0.25) is 0 Å². The molecule has 2 amide bonds. The minimum Gasteiger partial charge on any atom is -0.453 e. The number of likely N-dealkylation sites (tertiary alicyclic amines) is 1. The van der Waals surface area contributed by atoms with Crippen LogP contribution in [0.3, 0.4) is 0 Å². The molecule has 2 unspecified atom stereocenters. The fourth-order valence-electron chi connectivity index (χ4n) is 4.98. The molecule has 10 nitrogen and oxygen atoms in total. The van der Waals surface area contributed by atoms with E-state index in [-0.39, 0.29) is 22.8 Å².